The molecule has 1 atom stereocenters. The second-order valence-electron chi connectivity index (χ2n) is 3.52. The number of hydrogen-bond donors (Lipinski definition) is 2. The van der Waals surface area contributed by atoms with E-state index in [9.17, 15) is 9.59 Å². The summed E-state index contributed by atoms with van der Waals surface area (Å²) >= 11 is 0. The molecule has 0 saturated heterocycles. The van der Waals surface area contributed by atoms with Gasteiger partial charge in [0.1, 0.15) is 5.75 Å². The summed E-state index contributed by atoms with van der Waals surface area (Å²) < 4.78 is 5.42. The van der Waals surface area contributed by atoms with E-state index in [4.69, 9.17) is 9.84 Å². The minimum atomic E-state index is -0.935. The molecule has 5 heteroatoms. The number of fused-ring (bicyclic) bond motifs is 1. The van der Waals surface area contributed by atoms with Crippen LogP contribution in [0.1, 0.15) is 12.8 Å². The van der Waals surface area contributed by atoms with Crippen LogP contribution in [0.2, 0.25) is 0 Å². The number of rotatable bonds is 3. The number of amides is 1. The second-order valence-corrected chi connectivity index (χ2v) is 3.52. The van der Waals surface area contributed by atoms with Gasteiger partial charge < -0.3 is 15.2 Å². The molecule has 0 aliphatic carbocycles. The maximum atomic E-state index is 11.5. The maximum Gasteiger partial charge on any atom is 0.303 e. The lowest BCUT2D eigenvalue weighted by molar-refractivity contribution is -0.137. The molecule has 1 aliphatic heterocycles. The van der Waals surface area contributed by atoms with Gasteiger partial charge in [-0.25, -0.2) is 0 Å². The van der Waals surface area contributed by atoms with Crippen LogP contribution in [0.3, 0.4) is 0 Å². The van der Waals surface area contributed by atoms with Crippen LogP contribution in [0, 0.1) is 0 Å². The lowest BCUT2D eigenvalue weighted by Gasteiger charge is -2.25. The van der Waals surface area contributed by atoms with Crippen LogP contribution in [0.5, 0.6) is 5.75 Å². The first kappa shape index (κ1) is 10.5. The van der Waals surface area contributed by atoms with Crippen LogP contribution >= 0.6 is 0 Å². The number of carbonyl (C=O) groups is 2. The van der Waals surface area contributed by atoms with Crippen LogP contribution in [-0.2, 0) is 9.59 Å². The summed E-state index contributed by atoms with van der Waals surface area (Å²) in [6.07, 6.45) is -0.624. The molecule has 0 fully saturated rings. The fraction of sp³-hybridized carbons (Fsp3) is 0.273. The number of benzene rings is 1. The summed E-state index contributed by atoms with van der Waals surface area (Å²) in [5, 5.41) is 11.2. The van der Waals surface area contributed by atoms with Gasteiger partial charge in [-0.2, -0.15) is 0 Å². The molecule has 0 saturated carbocycles. The molecule has 2 N–H and O–H groups in total. The number of anilines is 1. The van der Waals surface area contributed by atoms with E-state index in [0.717, 1.165) is 0 Å². The molecule has 5 nitrogen and oxygen atoms in total. The normalized spacial score (nSPS) is 18.2. The van der Waals surface area contributed by atoms with Crippen molar-refractivity contribution in [2.24, 2.45) is 0 Å². The van der Waals surface area contributed by atoms with Gasteiger partial charge in [0, 0.05) is 12.8 Å². The van der Waals surface area contributed by atoms with Crippen LogP contribution in [0.15, 0.2) is 24.3 Å². The topological polar surface area (TPSA) is 75.6 Å². The van der Waals surface area contributed by atoms with E-state index < -0.39 is 12.1 Å². The number of para-hydroxylation sites is 2. The number of nitrogens with one attached hydrogen (secondary N) is 1. The van der Waals surface area contributed by atoms with Crippen molar-refractivity contribution in [2.45, 2.75) is 18.9 Å². The van der Waals surface area contributed by atoms with E-state index >= 15 is 0 Å². The predicted octanol–water partition coefficient (Wildman–Crippen LogP) is 1.25. The Balaban J connectivity index is 2.09. The van der Waals surface area contributed by atoms with E-state index in [1.165, 1.54) is 0 Å². The average Bonchev–Trinajstić information content (AvgIpc) is 2.26. The number of carboxylic acid groups (broad SMARTS) is 1. The number of hydrogen-bond acceptors (Lipinski definition) is 3. The molecule has 0 bridgehead atoms. The summed E-state index contributed by atoms with van der Waals surface area (Å²) in [6.45, 7) is 0. The standard InChI is InChI=1S/C11H11NO4/c13-10(14)6-5-9-11(15)12-7-3-1-2-4-8(7)16-9/h1-4,9H,5-6H2,(H,12,15)(H,13,14). The Morgan fingerprint density at radius 2 is 2.19 bits per heavy atom. The molecule has 16 heavy (non-hydrogen) atoms. The second kappa shape index (κ2) is 4.22. The molecule has 0 spiro atoms. The zero-order valence-electron chi connectivity index (χ0n) is 8.47. The summed E-state index contributed by atoms with van der Waals surface area (Å²) in [4.78, 5) is 21.9. The molecule has 84 valence electrons. The smallest absolute Gasteiger partial charge is 0.303 e. The van der Waals surface area contributed by atoms with E-state index in [-0.39, 0.29) is 18.7 Å². The predicted molar refractivity (Wildman–Crippen MR) is 56.4 cm³/mol. The van der Waals surface area contributed by atoms with Crippen LogP contribution < -0.4 is 10.1 Å². The minimum Gasteiger partial charge on any atom is -0.481 e. The third-order valence-corrected chi connectivity index (χ3v) is 2.33. The Morgan fingerprint density at radius 3 is 2.94 bits per heavy atom. The molecule has 0 aromatic heterocycles. The van der Waals surface area contributed by atoms with Crippen molar-refractivity contribution in [3.05, 3.63) is 24.3 Å². The molecule has 2 rings (SSSR count). The highest BCUT2D eigenvalue weighted by Crippen LogP contribution is 2.29. The molecular weight excluding hydrogens is 210 g/mol. The highest BCUT2D eigenvalue weighted by molar-refractivity contribution is 5.97. The lowest BCUT2D eigenvalue weighted by atomic mass is 10.1. The van der Waals surface area contributed by atoms with Crippen molar-refractivity contribution in [3.63, 3.8) is 0 Å². The van der Waals surface area contributed by atoms with E-state index in [2.05, 4.69) is 5.32 Å². The average molecular weight is 221 g/mol. The van der Waals surface area contributed by atoms with Crippen molar-refractivity contribution in [2.75, 3.05) is 5.32 Å². The minimum absolute atomic E-state index is 0.0831. The number of carboxylic acids is 1. The van der Waals surface area contributed by atoms with Crippen molar-refractivity contribution < 1.29 is 19.4 Å². The van der Waals surface area contributed by atoms with Gasteiger partial charge in [-0.05, 0) is 12.1 Å². The van der Waals surface area contributed by atoms with Crippen LogP contribution in [-0.4, -0.2) is 23.1 Å². The molecule has 1 aromatic carbocycles. The number of carbonyl (C=O) groups excluding carboxylic acids is 1. The van der Waals surface area contributed by atoms with Gasteiger partial charge in [-0.1, -0.05) is 12.1 Å². The van der Waals surface area contributed by atoms with Gasteiger partial charge in [0.05, 0.1) is 5.69 Å². The molecular formula is C11H11NO4. The Bertz CT molecular complexity index is 430. The van der Waals surface area contributed by atoms with Gasteiger partial charge in [-0.15, -0.1) is 0 Å². The fourth-order valence-corrected chi connectivity index (χ4v) is 1.54. The largest absolute Gasteiger partial charge is 0.481 e. The molecule has 0 radical (unpaired) electrons. The zero-order chi connectivity index (χ0) is 11.5. The van der Waals surface area contributed by atoms with Gasteiger partial charge in [0.2, 0.25) is 0 Å². The summed E-state index contributed by atoms with van der Waals surface area (Å²) in [5.41, 5.74) is 0.624. The van der Waals surface area contributed by atoms with Crippen molar-refractivity contribution in [1.82, 2.24) is 0 Å². The molecule has 1 heterocycles. The van der Waals surface area contributed by atoms with Gasteiger partial charge in [0.25, 0.3) is 5.91 Å². The van der Waals surface area contributed by atoms with Gasteiger partial charge in [-0.3, -0.25) is 9.59 Å². The van der Waals surface area contributed by atoms with Crippen molar-refractivity contribution in [1.29, 1.82) is 0 Å². The third kappa shape index (κ3) is 2.13. The molecule has 1 aliphatic rings. The Kier molecular flexibility index (Phi) is 2.76. The van der Waals surface area contributed by atoms with Gasteiger partial charge >= 0.3 is 5.97 Å². The summed E-state index contributed by atoms with van der Waals surface area (Å²) in [6, 6.07) is 7.06. The van der Waals surface area contributed by atoms with Crippen LogP contribution in [0.25, 0.3) is 0 Å². The molecule has 1 amide bonds. The van der Waals surface area contributed by atoms with E-state index in [1.807, 2.05) is 0 Å². The Hall–Kier alpha value is -2.04. The quantitative estimate of drug-likeness (QED) is 0.805. The third-order valence-electron chi connectivity index (χ3n) is 2.33. The SMILES string of the molecule is O=C(O)CCC1Oc2ccccc2NC1=O. The Morgan fingerprint density at radius 1 is 1.44 bits per heavy atom. The monoisotopic (exact) mass is 221 g/mol. The lowest BCUT2D eigenvalue weighted by Crippen LogP contribution is -2.37. The highest BCUT2D eigenvalue weighted by Gasteiger charge is 2.27. The molecule has 1 aromatic rings. The van der Waals surface area contributed by atoms with Crippen LogP contribution in [0.4, 0.5) is 5.69 Å². The first-order valence-corrected chi connectivity index (χ1v) is 4.95. The van der Waals surface area contributed by atoms with E-state index in [0.29, 0.717) is 11.4 Å². The first-order valence-electron chi connectivity index (χ1n) is 4.95. The molecule has 1 unspecified atom stereocenters. The number of aliphatic carboxylic acids is 1. The highest BCUT2D eigenvalue weighted by atomic mass is 16.5. The summed E-state index contributed by atoms with van der Waals surface area (Å²) in [5.74, 6) is -0.646. The van der Waals surface area contributed by atoms with Gasteiger partial charge in [0.15, 0.2) is 6.10 Å². The van der Waals surface area contributed by atoms with E-state index in [1.54, 1.807) is 24.3 Å². The van der Waals surface area contributed by atoms with Crippen molar-refractivity contribution in [3.8, 4) is 5.75 Å². The number of ether oxygens (including phenoxy) is 1. The van der Waals surface area contributed by atoms with Crippen molar-refractivity contribution >= 4 is 17.6 Å². The zero-order valence-corrected chi connectivity index (χ0v) is 8.47. The maximum absolute atomic E-state index is 11.5. The Labute approximate surface area is 92.0 Å². The fourth-order valence-electron chi connectivity index (χ4n) is 1.54. The summed E-state index contributed by atoms with van der Waals surface area (Å²) in [7, 11) is 0. The first-order chi connectivity index (χ1) is 7.66.